The van der Waals surface area contributed by atoms with Gasteiger partial charge in [-0.3, -0.25) is 9.59 Å². The van der Waals surface area contributed by atoms with Gasteiger partial charge in [-0.05, 0) is 0 Å². The largest absolute Gasteiger partial charge is 0.481 e. The maximum atomic E-state index is 9.85. The molecular formula is C6H14N2O7. The molecule has 0 saturated heterocycles. The molecule has 0 heterocycles. The predicted octanol–water partition coefficient (Wildman–Crippen LogP) is -2.50. The first-order valence-electron chi connectivity index (χ1n) is 3.66. The number of rotatable bonds is 4. The molecule has 0 aliphatic rings. The Bertz CT molecular complexity index is 212. The molecule has 0 fully saturated rings. The molecule has 0 radical (unpaired) electrons. The molecule has 8 N–H and O–H groups in total. The first kappa shape index (κ1) is 16.2. The van der Waals surface area contributed by atoms with Crippen molar-refractivity contribution in [3.8, 4) is 0 Å². The van der Waals surface area contributed by atoms with Crippen LogP contribution in [0.3, 0.4) is 0 Å². The molecule has 0 aliphatic heterocycles. The predicted molar refractivity (Wildman–Crippen MR) is 45.6 cm³/mol. The van der Waals surface area contributed by atoms with Crippen LogP contribution in [0.15, 0.2) is 0 Å². The summed E-state index contributed by atoms with van der Waals surface area (Å²) in [6.07, 6.45) is -0.532. The lowest BCUT2D eigenvalue weighted by Gasteiger charge is -2.10. The van der Waals surface area contributed by atoms with Crippen molar-refractivity contribution in [2.45, 2.75) is 25.3 Å². The third-order valence-electron chi connectivity index (χ3n) is 0.924. The highest BCUT2D eigenvalue weighted by molar-refractivity contribution is 5.80. The van der Waals surface area contributed by atoms with Crippen molar-refractivity contribution in [2.24, 2.45) is 5.73 Å². The summed E-state index contributed by atoms with van der Waals surface area (Å²) in [5.41, 5.74) is 6.05. The zero-order valence-corrected chi connectivity index (χ0v) is 7.91. The second-order valence-electron chi connectivity index (χ2n) is 2.68. The van der Waals surface area contributed by atoms with Gasteiger partial charge in [0.15, 0.2) is 0 Å². The van der Waals surface area contributed by atoms with Gasteiger partial charge >= 0.3 is 11.9 Å². The summed E-state index contributed by atoms with van der Waals surface area (Å²) < 4.78 is 0. The van der Waals surface area contributed by atoms with E-state index in [1.165, 1.54) is 5.48 Å². The van der Waals surface area contributed by atoms with Crippen LogP contribution in [0.25, 0.3) is 0 Å². The van der Waals surface area contributed by atoms with E-state index in [2.05, 4.69) is 0 Å². The third kappa shape index (κ3) is 15.5. The quantitative estimate of drug-likeness (QED) is 0.202. The zero-order valence-electron chi connectivity index (χ0n) is 7.91. The van der Waals surface area contributed by atoms with E-state index in [1.54, 1.807) is 0 Å². The van der Waals surface area contributed by atoms with Crippen molar-refractivity contribution in [3.05, 3.63) is 0 Å². The van der Waals surface area contributed by atoms with Crippen LogP contribution in [0, 0.1) is 0 Å². The van der Waals surface area contributed by atoms with Gasteiger partial charge in [0.05, 0.1) is 6.42 Å². The van der Waals surface area contributed by atoms with E-state index in [9.17, 15) is 9.59 Å². The number of hydrogen-bond donors (Lipinski definition) is 7. The minimum absolute atomic E-state index is 0.532. The van der Waals surface area contributed by atoms with Crippen LogP contribution >= 0.6 is 0 Å². The molecule has 1 atom stereocenters. The Kier molecular flexibility index (Phi) is 7.65. The summed E-state index contributed by atoms with van der Waals surface area (Å²) in [7, 11) is 0. The highest BCUT2D eigenvalue weighted by atomic mass is 16.6. The number of carbonyl (C=O) groups is 2. The Balaban J connectivity index is 0. The molecule has 0 saturated carbocycles. The fourth-order valence-electron chi connectivity index (χ4n) is 0.275. The van der Waals surface area contributed by atoms with Gasteiger partial charge in [-0.2, -0.15) is 5.48 Å². The molecule has 9 heteroatoms. The van der Waals surface area contributed by atoms with Crippen LogP contribution in [-0.4, -0.2) is 49.5 Å². The molecule has 0 aromatic rings. The molecule has 1 unspecified atom stereocenters. The second-order valence-corrected chi connectivity index (χ2v) is 2.68. The highest BCUT2D eigenvalue weighted by Crippen LogP contribution is 1.86. The van der Waals surface area contributed by atoms with Crippen molar-refractivity contribution in [2.75, 3.05) is 0 Å². The summed E-state index contributed by atoms with van der Waals surface area (Å²) in [4.78, 5) is 19.6. The lowest BCUT2D eigenvalue weighted by atomic mass is 10.2. The number of nitrogens with one attached hydrogen (secondary N) is 1. The molecule has 0 aliphatic carbocycles. The van der Waals surface area contributed by atoms with E-state index in [-0.39, 0.29) is 0 Å². The van der Waals surface area contributed by atoms with Gasteiger partial charge in [-0.15, -0.1) is 0 Å². The van der Waals surface area contributed by atoms with Gasteiger partial charge < -0.3 is 31.4 Å². The summed E-state index contributed by atoms with van der Waals surface area (Å²) in [6, 6.07) is -1.29. The van der Waals surface area contributed by atoms with Gasteiger partial charge in [0, 0.05) is 6.92 Å². The SMILES string of the molecule is CC(O)(O)NO.NC(CC(=O)O)C(=O)O. The molecule has 0 amide bonds. The monoisotopic (exact) mass is 226 g/mol. The minimum atomic E-state index is -2.15. The van der Waals surface area contributed by atoms with Gasteiger partial charge in [0.25, 0.3) is 0 Å². The lowest BCUT2D eigenvalue weighted by molar-refractivity contribution is -0.226. The molecule has 0 bridgehead atoms. The average molecular weight is 226 g/mol. The van der Waals surface area contributed by atoms with E-state index < -0.39 is 30.3 Å². The maximum absolute atomic E-state index is 9.85. The Morgan fingerprint density at radius 1 is 1.40 bits per heavy atom. The summed E-state index contributed by atoms with van der Waals surface area (Å²) in [6.45, 7) is 0.993. The lowest BCUT2D eigenvalue weighted by Crippen LogP contribution is -2.39. The first-order chi connectivity index (χ1) is 6.60. The number of carboxylic acids is 2. The number of hydroxylamine groups is 1. The van der Waals surface area contributed by atoms with E-state index in [0.717, 1.165) is 6.92 Å². The van der Waals surface area contributed by atoms with Crippen LogP contribution < -0.4 is 11.2 Å². The summed E-state index contributed by atoms with van der Waals surface area (Å²) in [5.74, 6) is -4.65. The van der Waals surface area contributed by atoms with Crippen molar-refractivity contribution in [1.82, 2.24) is 5.48 Å². The van der Waals surface area contributed by atoms with Crippen LogP contribution in [0.1, 0.15) is 13.3 Å². The maximum Gasteiger partial charge on any atom is 0.321 e. The molecule has 0 rings (SSSR count). The molecule has 90 valence electrons. The molecule has 0 aromatic carbocycles. The Morgan fingerprint density at radius 3 is 1.80 bits per heavy atom. The Labute approximate surface area is 84.7 Å². The van der Waals surface area contributed by atoms with E-state index in [1.807, 2.05) is 0 Å². The third-order valence-corrected chi connectivity index (χ3v) is 0.924. The molecular weight excluding hydrogens is 212 g/mol. The van der Waals surface area contributed by atoms with Gasteiger partial charge in [-0.1, -0.05) is 0 Å². The highest BCUT2D eigenvalue weighted by Gasteiger charge is 2.14. The van der Waals surface area contributed by atoms with Gasteiger partial charge in [0.2, 0.25) is 5.91 Å². The topological polar surface area (TPSA) is 173 Å². The fraction of sp³-hybridized carbons (Fsp3) is 0.667. The smallest absolute Gasteiger partial charge is 0.321 e. The van der Waals surface area contributed by atoms with Gasteiger partial charge in [0.1, 0.15) is 6.04 Å². The van der Waals surface area contributed by atoms with E-state index in [4.69, 9.17) is 31.4 Å². The second kappa shape index (κ2) is 7.09. The number of aliphatic hydroxyl groups is 2. The average Bonchev–Trinajstić information content (AvgIpc) is 2.02. The Hall–Kier alpha value is -1.26. The van der Waals surface area contributed by atoms with E-state index in [0.29, 0.717) is 0 Å². The normalized spacial score (nSPS) is 12.3. The van der Waals surface area contributed by atoms with Crippen LogP contribution in [0.5, 0.6) is 0 Å². The van der Waals surface area contributed by atoms with Crippen LogP contribution in [0.4, 0.5) is 0 Å². The minimum Gasteiger partial charge on any atom is -0.481 e. The first-order valence-corrected chi connectivity index (χ1v) is 3.66. The molecule has 0 aromatic heterocycles. The Morgan fingerprint density at radius 2 is 1.73 bits per heavy atom. The van der Waals surface area contributed by atoms with Crippen molar-refractivity contribution < 1.29 is 35.2 Å². The number of nitrogens with two attached hydrogens (primary N) is 1. The molecule has 0 spiro atoms. The summed E-state index contributed by atoms with van der Waals surface area (Å²) >= 11 is 0. The molecule has 9 nitrogen and oxygen atoms in total. The summed E-state index contributed by atoms with van der Waals surface area (Å²) in [5, 5.41) is 39.7. The molecule has 15 heavy (non-hydrogen) atoms. The fourth-order valence-corrected chi connectivity index (χ4v) is 0.275. The van der Waals surface area contributed by atoms with Crippen molar-refractivity contribution in [3.63, 3.8) is 0 Å². The standard InChI is InChI=1S/C4H7NO4.C2H7NO3/c5-2(4(8)9)1-3(6)7;1-2(4,5)3-6/h2H,1,5H2,(H,6,7)(H,8,9);3-6H,1H3. The van der Waals surface area contributed by atoms with Gasteiger partial charge in [-0.25, -0.2) is 0 Å². The number of hydrogen-bond acceptors (Lipinski definition) is 7. The van der Waals surface area contributed by atoms with Crippen molar-refractivity contribution in [1.29, 1.82) is 0 Å². The zero-order chi connectivity index (χ0) is 12.6. The number of carboxylic acid groups (broad SMARTS) is 2. The van der Waals surface area contributed by atoms with Crippen LogP contribution in [-0.2, 0) is 9.59 Å². The van der Waals surface area contributed by atoms with E-state index >= 15 is 0 Å². The van der Waals surface area contributed by atoms with Crippen molar-refractivity contribution >= 4 is 11.9 Å². The number of aliphatic carboxylic acids is 2. The van der Waals surface area contributed by atoms with Crippen LogP contribution in [0.2, 0.25) is 0 Å².